The molecule has 3 aliphatic rings. The first-order valence-electron chi connectivity index (χ1n) is 19.3. The van der Waals surface area contributed by atoms with Crippen molar-refractivity contribution in [1.29, 1.82) is 0 Å². The van der Waals surface area contributed by atoms with Gasteiger partial charge in [0.1, 0.15) is 47.2 Å². The maximum absolute atomic E-state index is 11.8. The molecule has 3 aliphatic heterocycles. The third-order valence-electron chi connectivity index (χ3n) is 10.8. The number of allylic oxidation sites excluding steroid dienone is 2. The van der Waals surface area contributed by atoms with Crippen LogP contribution >= 0.6 is 0 Å². The van der Waals surface area contributed by atoms with Crippen molar-refractivity contribution in [2.75, 3.05) is 13.2 Å². The molecule has 1 spiro atoms. The third kappa shape index (κ3) is 7.53. The zero-order valence-electron chi connectivity index (χ0n) is 33.3. The molecule has 3 atom stereocenters. The van der Waals surface area contributed by atoms with E-state index in [9.17, 15) is 4.79 Å². The van der Waals surface area contributed by atoms with Crippen LogP contribution in [0.15, 0.2) is 96.3 Å². The summed E-state index contributed by atoms with van der Waals surface area (Å²) in [5.74, 6) is -0.141. The Balaban J connectivity index is 0.906. The molecule has 3 aromatic heterocycles. The summed E-state index contributed by atoms with van der Waals surface area (Å²) in [6.07, 6.45) is 14.1. The summed E-state index contributed by atoms with van der Waals surface area (Å²) in [4.78, 5) is 11.8. The van der Waals surface area contributed by atoms with Gasteiger partial charge in [-0.05, 0) is 118 Å². The Morgan fingerprint density at radius 1 is 0.714 bits per heavy atom. The first kappa shape index (κ1) is 38.1. The van der Waals surface area contributed by atoms with Gasteiger partial charge in [-0.1, -0.05) is 11.1 Å². The molecule has 0 N–H and O–H groups in total. The molecule has 296 valence electrons. The number of fused-ring (bicyclic) bond motifs is 4. The smallest absolute Gasteiger partial charge is 0.350 e. The van der Waals surface area contributed by atoms with Crippen LogP contribution in [0, 0.1) is 0 Å². The fourth-order valence-corrected chi connectivity index (χ4v) is 8.00. The van der Waals surface area contributed by atoms with E-state index in [-0.39, 0.29) is 17.8 Å². The largest absolute Gasteiger partial charge is 0.488 e. The summed E-state index contributed by atoms with van der Waals surface area (Å²) in [5, 5.41) is 2.38. The Hall–Kier alpha value is -4.81. The van der Waals surface area contributed by atoms with Gasteiger partial charge < -0.3 is 46.4 Å². The topological polar surface area (TPSA) is 121 Å². The van der Waals surface area contributed by atoms with Crippen LogP contribution in [0.25, 0.3) is 39.0 Å². The van der Waals surface area contributed by atoms with Crippen molar-refractivity contribution in [3.8, 4) is 17.2 Å². The van der Waals surface area contributed by atoms with Crippen LogP contribution in [0.2, 0.25) is 0 Å². The lowest BCUT2D eigenvalue weighted by atomic mass is 9.96. The fourth-order valence-electron chi connectivity index (χ4n) is 8.00. The number of benzene rings is 2. The third-order valence-corrected chi connectivity index (χ3v) is 10.8. The van der Waals surface area contributed by atoms with Gasteiger partial charge in [0.15, 0.2) is 5.79 Å². The van der Waals surface area contributed by atoms with Crippen molar-refractivity contribution in [3.05, 3.63) is 94.3 Å². The van der Waals surface area contributed by atoms with E-state index in [2.05, 4.69) is 33.8 Å². The summed E-state index contributed by atoms with van der Waals surface area (Å²) in [6.45, 7) is 17.0. The number of furan rings is 2. The predicted octanol–water partition coefficient (Wildman–Crippen LogP) is 10.4. The summed E-state index contributed by atoms with van der Waals surface area (Å²) < 4.78 is 61.4. The monoisotopic (exact) mass is 766 g/mol. The second kappa shape index (κ2) is 14.3. The van der Waals surface area contributed by atoms with E-state index in [1.54, 1.807) is 24.7 Å². The van der Waals surface area contributed by atoms with Crippen LogP contribution in [0.3, 0.4) is 0 Å². The van der Waals surface area contributed by atoms with E-state index in [0.717, 1.165) is 41.2 Å². The van der Waals surface area contributed by atoms with Gasteiger partial charge >= 0.3 is 11.6 Å². The first-order chi connectivity index (χ1) is 26.6. The van der Waals surface area contributed by atoms with E-state index >= 15 is 0 Å². The second-order valence-corrected chi connectivity index (χ2v) is 16.5. The lowest BCUT2D eigenvalue weighted by Gasteiger charge is -2.30. The van der Waals surface area contributed by atoms with Gasteiger partial charge in [0.2, 0.25) is 0 Å². The van der Waals surface area contributed by atoms with E-state index in [1.807, 2.05) is 64.1 Å². The van der Waals surface area contributed by atoms with Crippen LogP contribution < -0.4 is 19.8 Å². The van der Waals surface area contributed by atoms with Crippen molar-refractivity contribution in [2.24, 2.45) is 0 Å². The average molecular weight is 767 g/mol. The van der Waals surface area contributed by atoms with Gasteiger partial charge in [0, 0.05) is 24.3 Å². The zero-order valence-corrected chi connectivity index (χ0v) is 33.3. The predicted molar refractivity (Wildman–Crippen MR) is 212 cm³/mol. The molecule has 2 aromatic carbocycles. The van der Waals surface area contributed by atoms with Crippen molar-refractivity contribution < 1.29 is 46.4 Å². The highest BCUT2D eigenvalue weighted by molar-refractivity contribution is 6.01. The first-order valence-corrected chi connectivity index (χ1v) is 19.3. The molecule has 11 heteroatoms. The van der Waals surface area contributed by atoms with Crippen LogP contribution in [0.5, 0.6) is 17.2 Å². The van der Waals surface area contributed by atoms with Gasteiger partial charge in [-0.25, -0.2) is 4.79 Å². The number of hydrogen-bond donors (Lipinski definition) is 0. The second-order valence-electron chi connectivity index (χ2n) is 16.5. The molecule has 11 nitrogen and oxygen atoms in total. The highest BCUT2D eigenvalue weighted by atomic mass is 16.9. The maximum Gasteiger partial charge on any atom is 0.350 e. The maximum atomic E-state index is 11.8. The van der Waals surface area contributed by atoms with Crippen molar-refractivity contribution >= 4 is 39.0 Å². The van der Waals surface area contributed by atoms with Crippen molar-refractivity contribution in [3.63, 3.8) is 0 Å². The Bertz CT molecular complexity index is 2420. The SMILES string of the molecule is C/C(=C\COc1c2c(cc3occc13)OC1(C=C2)O[C@H](CC/C(C)=C/COc2c3ccoc3cc3oc(=O)ccc23)C(C)(C)O1)CC[C@@H]1OC(C)(C)OC1(C)C. The van der Waals surface area contributed by atoms with E-state index < -0.39 is 23.0 Å². The van der Waals surface area contributed by atoms with Gasteiger partial charge in [0.25, 0.3) is 0 Å². The quantitative estimate of drug-likeness (QED) is 0.0891. The molecule has 1 unspecified atom stereocenters. The zero-order chi connectivity index (χ0) is 39.5. The average Bonchev–Trinajstić information content (AvgIpc) is 3.88. The molecule has 0 radical (unpaired) electrons. The number of rotatable bonds is 12. The van der Waals surface area contributed by atoms with Crippen molar-refractivity contribution in [2.45, 2.75) is 116 Å². The normalized spacial score (nSPS) is 24.0. The molecule has 5 aromatic rings. The van der Waals surface area contributed by atoms with Crippen LogP contribution in [0.1, 0.15) is 86.6 Å². The summed E-state index contributed by atoms with van der Waals surface area (Å²) >= 11 is 0. The lowest BCUT2D eigenvalue weighted by molar-refractivity contribution is -0.270. The number of hydrogen-bond acceptors (Lipinski definition) is 11. The summed E-state index contributed by atoms with van der Waals surface area (Å²) in [5.41, 5.74) is 3.37. The molecule has 0 aliphatic carbocycles. The van der Waals surface area contributed by atoms with E-state index in [0.29, 0.717) is 59.0 Å². The Kier molecular flexibility index (Phi) is 9.72. The fraction of sp³-hybridized carbons (Fsp3) is 0.444. The Morgan fingerprint density at radius 3 is 1.96 bits per heavy atom. The Labute approximate surface area is 325 Å². The van der Waals surface area contributed by atoms with Gasteiger partial charge in [-0.15, -0.1) is 0 Å². The molecule has 2 saturated heterocycles. The van der Waals surface area contributed by atoms with Crippen LogP contribution in [-0.4, -0.2) is 48.4 Å². The number of ether oxygens (including phenoxy) is 7. The van der Waals surface area contributed by atoms with Crippen LogP contribution in [-0.2, 0) is 18.9 Å². The molecular weight excluding hydrogens is 716 g/mol. The van der Waals surface area contributed by atoms with Crippen molar-refractivity contribution in [1.82, 2.24) is 0 Å². The molecule has 2 fully saturated rings. The minimum absolute atomic E-state index is 0.0116. The Morgan fingerprint density at radius 2 is 1.30 bits per heavy atom. The standard InChI is InChI=1S/C45H50O11/c1-27(9-12-37-42(3,4)55-44(7,8)53-37)17-22-50-41-30-15-20-45(52-36(30)26-34-32(41)19-24-48-34)54-38(43(5,6)56-45)13-10-28(2)16-21-49-40-29-11-14-39(46)51-35(29)25-33-31(40)18-23-47-33/h11,14-20,23-26,37-38H,9-10,12-13,21-22H2,1-8H3/b27-17+,28-16+/t37-,38+,45?/m0/s1. The van der Waals surface area contributed by atoms with Gasteiger partial charge in [0.05, 0.1) is 57.7 Å². The minimum Gasteiger partial charge on any atom is -0.488 e. The molecule has 0 amide bonds. The highest BCUT2D eigenvalue weighted by Gasteiger charge is 2.54. The van der Waals surface area contributed by atoms with Gasteiger partial charge in [-0.2, -0.15) is 0 Å². The van der Waals surface area contributed by atoms with Crippen LogP contribution in [0.4, 0.5) is 0 Å². The van der Waals surface area contributed by atoms with E-state index in [4.69, 9.17) is 46.4 Å². The molecule has 6 heterocycles. The lowest BCUT2D eigenvalue weighted by Crippen LogP contribution is -2.38. The molecule has 8 rings (SSSR count). The summed E-state index contributed by atoms with van der Waals surface area (Å²) in [7, 11) is 0. The minimum atomic E-state index is -1.40. The molecule has 0 bridgehead atoms. The molecular formula is C45H50O11. The molecule has 0 saturated carbocycles. The summed E-state index contributed by atoms with van der Waals surface area (Å²) in [6, 6.07) is 10.4. The molecule has 56 heavy (non-hydrogen) atoms. The van der Waals surface area contributed by atoms with Gasteiger partial charge in [-0.3, -0.25) is 0 Å². The van der Waals surface area contributed by atoms with E-state index in [1.165, 1.54) is 11.6 Å². The highest BCUT2D eigenvalue weighted by Crippen LogP contribution is 2.48.